The van der Waals surface area contributed by atoms with Crippen molar-refractivity contribution >= 4 is 24.0 Å². The van der Waals surface area contributed by atoms with Gasteiger partial charge in [0.1, 0.15) is 11.5 Å². The van der Waals surface area contributed by atoms with Gasteiger partial charge in [-0.1, -0.05) is 24.3 Å². The van der Waals surface area contributed by atoms with E-state index in [4.69, 9.17) is 15.2 Å². The van der Waals surface area contributed by atoms with Crippen LogP contribution in [0.5, 0.6) is 11.5 Å². The number of benzene rings is 2. The highest BCUT2D eigenvalue weighted by Crippen LogP contribution is 2.43. The molecule has 0 amide bonds. The first kappa shape index (κ1) is 23.2. The van der Waals surface area contributed by atoms with Crippen LogP contribution in [-0.2, 0) is 9.47 Å². The Labute approximate surface area is 185 Å². The van der Waals surface area contributed by atoms with Crippen LogP contribution in [0.15, 0.2) is 30.3 Å². The predicted molar refractivity (Wildman–Crippen MR) is 113 cm³/mol. The van der Waals surface area contributed by atoms with Crippen LogP contribution >= 0.6 is 12.4 Å². The third-order valence-corrected chi connectivity index (χ3v) is 5.72. The molecule has 0 saturated carbocycles. The van der Waals surface area contributed by atoms with Gasteiger partial charge in [0.15, 0.2) is 17.9 Å². The molecular weight excluding hydrogens is 426 g/mol. The normalized spacial score (nSPS) is 25.9. The Bertz CT molecular complexity index is 1030. The molecule has 166 valence electrons. The van der Waals surface area contributed by atoms with E-state index >= 15 is 0 Å². The van der Waals surface area contributed by atoms with E-state index in [1.165, 1.54) is 18.2 Å². The Balaban J connectivity index is 0.00000272. The van der Waals surface area contributed by atoms with Crippen molar-refractivity contribution in [3.05, 3.63) is 58.1 Å². The molecule has 5 atom stereocenters. The minimum absolute atomic E-state index is 0. The third-order valence-electron chi connectivity index (χ3n) is 5.72. The van der Waals surface area contributed by atoms with Gasteiger partial charge in [-0.2, -0.15) is 0 Å². The number of rotatable bonds is 3. The maximum absolute atomic E-state index is 13.0. The van der Waals surface area contributed by atoms with Crippen molar-refractivity contribution in [2.24, 2.45) is 5.73 Å². The van der Waals surface area contributed by atoms with Gasteiger partial charge in [0.05, 0.1) is 29.4 Å². The molecule has 0 radical (unpaired) electrons. The largest absolute Gasteiger partial charge is 0.507 e. The van der Waals surface area contributed by atoms with Crippen molar-refractivity contribution in [3.63, 3.8) is 0 Å². The lowest BCUT2D eigenvalue weighted by atomic mass is 9.81. The lowest BCUT2D eigenvalue weighted by Crippen LogP contribution is -2.51. The zero-order valence-corrected chi connectivity index (χ0v) is 17.8. The second-order valence-corrected chi connectivity index (χ2v) is 7.73. The average Bonchev–Trinajstić information content (AvgIpc) is 2.71. The van der Waals surface area contributed by atoms with Crippen LogP contribution in [0, 0.1) is 0 Å². The van der Waals surface area contributed by atoms with Gasteiger partial charge in [0.25, 0.3) is 0 Å². The van der Waals surface area contributed by atoms with Gasteiger partial charge < -0.3 is 30.5 Å². The molecule has 1 aliphatic carbocycles. The van der Waals surface area contributed by atoms with E-state index in [1.54, 1.807) is 26.0 Å². The molecule has 4 rings (SSSR count). The van der Waals surface area contributed by atoms with Crippen molar-refractivity contribution in [1.29, 1.82) is 0 Å². The standard InChI is InChI=1S/C22H23NO7.ClH/c1-9(29-16-8-14(23)19(25)10(2)30-16)13-7-15(24)17-18(22(13)28)21(27)12-6-4-3-5-11(12)20(17)26;/h3-7,9-10,14,16,19,24-25,28H,8,23H2,1-2H3;1H/t9-,10-,14-,16+,19+;/m0./s1. The van der Waals surface area contributed by atoms with Crippen LogP contribution in [0.1, 0.15) is 63.8 Å². The highest BCUT2D eigenvalue weighted by molar-refractivity contribution is 6.30. The average molecular weight is 450 g/mol. The summed E-state index contributed by atoms with van der Waals surface area (Å²) in [5.41, 5.74) is 5.94. The van der Waals surface area contributed by atoms with Crippen molar-refractivity contribution in [3.8, 4) is 11.5 Å². The fourth-order valence-electron chi connectivity index (χ4n) is 4.06. The topological polar surface area (TPSA) is 139 Å². The van der Waals surface area contributed by atoms with Crippen LogP contribution in [0.3, 0.4) is 0 Å². The zero-order chi connectivity index (χ0) is 21.7. The van der Waals surface area contributed by atoms with Gasteiger partial charge in [-0.05, 0) is 19.9 Å². The van der Waals surface area contributed by atoms with Gasteiger partial charge >= 0.3 is 0 Å². The van der Waals surface area contributed by atoms with Gasteiger partial charge in [-0.25, -0.2) is 0 Å². The summed E-state index contributed by atoms with van der Waals surface area (Å²) < 4.78 is 11.5. The summed E-state index contributed by atoms with van der Waals surface area (Å²) in [7, 11) is 0. The molecule has 1 heterocycles. The Morgan fingerprint density at radius 1 is 1.13 bits per heavy atom. The second kappa shape index (κ2) is 8.57. The van der Waals surface area contributed by atoms with Crippen molar-refractivity contribution in [2.45, 2.75) is 50.9 Å². The summed E-state index contributed by atoms with van der Waals surface area (Å²) >= 11 is 0. The Morgan fingerprint density at radius 3 is 2.29 bits per heavy atom. The molecule has 9 heteroatoms. The van der Waals surface area contributed by atoms with E-state index in [0.717, 1.165) is 0 Å². The number of hydrogen-bond donors (Lipinski definition) is 4. The molecule has 8 nitrogen and oxygen atoms in total. The fourth-order valence-corrected chi connectivity index (χ4v) is 4.06. The van der Waals surface area contributed by atoms with Gasteiger partial charge in [0.2, 0.25) is 0 Å². The number of aliphatic hydroxyl groups excluding tert-OH is 1. The zero-order valence-electron chi connectivity index (χ0n) is 16.9. The quantitative estimate of drug-likeness (QED) is 0.446. The minimum Gasteiger partial charge on any atom is -0.507 e. The first-order chi connectivity index (χ1) is 14.2. The number of aliphatic hydroxyl groups is 1. The number of aromatic hydroxyl groups is 2. The van der Waals surface area contributed by atoms with E-state index in [1.807, 2.05) is 0 Å². The molecule has 1 aliphatic heterocycles. The molecule has 2 aromatic carbocycles. The van der Waals surface area contributed by atoms with Crippen molar-refractivity contribution in [1.82, 2.24) is 0 Å². The number of ketones is 2. The number of carbonyl (C=O) groups is 2. The monoisotopic (exact) mass is 449 g/mol. The number of carbonyl (C=O) groups excluding carboxylic acids is 2. The maximum Gasteiger partial charge on any atom is 0.198 e. The predicted octanol–water partition coefficient (Wildman–Crippen LogP) is 2.20. The molecule has 1 saturated heterocycles. The SMILES string of the molecule is C[C@H](O[C@H]1C[C@H](N)[C@H](O)[C@H](C)O1)c1cc(O)c2c(c1O)C(=O)c1ccccc1C2=O.Cl. The van der Waals surface area contributed by atoms with Crippen molar-refractivity contribution in [2.75, 3.05) is 0 Å². The molecule has 2 aromatic rings. The number of ether oxygens (including phenoxy) is 2. The summed E-state index contributed by atoms with van der Waals surface area (Å²) in [6.07, 6.45) is -2.65. The Kier molecular flexibility index (Phi) is 6.40. The fraction of sp³-hybridized carbons (Fsp3) is 0.364. The van der Waals surface area contributed by atoms with Crippen LogP contribution in [0.2, 0.25) is 0 Å². The summed E-state index contributed by atoms with van der Waals surface area (Å²) in [6, 6.07) is 6.95. The van der Waals surface area contributed by atoms with E-state index < -0.39 is 53.7 Å². The highest BCUT2D eigenvalue weighted by atomic mass is 35.5. The smallest absolute Gasteiger partial charge is 0.198 e. The lowest BCUT2D eigenvalue weighted by molar-refractivity contribution is -0.238. The molecule has 31 heavy (non-hydrogen) atoms. The van der Waals surface area contributed by atoms with E-state index in [9.17, 15) is 24.9 Å². The molecule has 0 aromatic heterocycles. The molecule has 0 spiro atoms. The molecule has 1 fully saturated rings. The molecule has 2 aliphatic rings. The summed E-state index contributed by atoms with van der Waals surface area (Å²) in [5, 5.41) is 31.3. The number of phenolic OH excluding ortho intramolecular Hbond substituents is 2. The molecular formula is C22H24ClNO7. The van der Waals surface area contributed by atoms with Crippen LogP contribution < -0.4 is 5.73 Å². The first-order valence-electron chi connectivity index (χ1n) is 9.72. The first-order valence-corrected chi connectivity index (χ1v) is 9.72. The Morgan fingerprint density at radius 2 is 1.71 bits per heavy atom. The van der Waals surface area contributed by atoms with Crippen LogP contribution in [-0.4, -0.2) is 51.4 Å². The molecule has 0 unspecified atom stereocenters. The van der Waals surface area contributed by atoms with E-state index in [0.29, 0.717) is 0 Å². The molecule has 0 bridgehead atoms. The van der Waals surface area contributed by atoms with E-state index in [-0.39, 0.29) is 46.6 Å². The lowest BCUT2D eigenvalue weighted by Gasteiger charge is -2.37. The van der Waals surface area contributed by atoms with Gasteiger partial charge in [-0.3, -0.25) is 9.59 Å². The highest BCUT2D eigenvalue weighted by Gasteiger charge is 2.38. The minimum atomic E-state index is -0.815. The summed E-state index contributed by atoms with van der Waals surface area (Å²) in [5.74, 6) is -1.91. The summed E-state index contributed by atoms with van der Waals surface area (Å²) in [4.78, 5) is 25.8. The third kappa shape index (κ3) is 3.81. The number of hydrogen-bond acceptors (Lipinski definition) is 8. The van der Waals surface area contributed by atoms with Gasteiger partial charge in [0, 0.05) is 29.2 Å². The number of fused-ring (bicyclic) bond motifs is 2. The maximum atomic E-state index is 13.0. The van der Waals surface area contributed by atoms with Crippen LogP contribution in [0.25, 0.3) is 0 Å². The summed E-state index contributed by atoms with van der Waals surface area (Å²) in [6.45, 7) is 3.29. The number of halogens is 1. The number of nitrogens with two attached hydrogens (primary N) is 1. The number of phenols is 2. The van der Waals surface area contributed by atoms with Gasteiger partial charge in [-0.15, -0.1) is 12.4 Å². The molecule has 5 N–H and O–H groups in total. The van der Waals surface area contributed by atoms with Crippen molar-refractivity contribution < 1.29 is 34.4 Å². The van der Waals surface area contributed by atoms with E-state index in [2.05, 4.69) is 0 Å². The van der Waals surface area contributed by atoms with Crippen LogP contribution in [0.4, 0.5) is 0 Å². The Hall–Kier alpha value is -2.49. The second-order valence-electron chi connectivity index (χ2n) is 7.73.